The molecule has 9 heteroatoms. The second kappa shape index (κ2) is 7.81. The van der Waals surface area contributed by atoms with Crippen molar-refractivity contribution in [3.8, 4) is 0 Å². The summed E-state index contributed by atoms with van der Waals surface area (Å²) in [6, 6.07) is 6.01. The Morgan fingerprint density at radius 2 is 1.85 bits per heavy atom. The van der Waals surface area contributed by atoms with Crippen LogP contribution in [0.25, 0.3) is 0 Å². The van der Waals surface area contributed by atoms with Gasteiger partial charge in [-0.2, -0.15) is 4.31 Å². The van der Waals surface area contributed by atoms with Gasteiger partial charge in [0.05, 0.1) is 4.90 Å². The van der Waals surface area contributed by atoms with Gasteiger partial charge in [0.15, 0.2) is 0 Å². The van der Waals surface area contributed by atoms with Crippen LogP contribution < -0.4 is 5.32 Å². The van der Waals surface area contributed by atoms with Gasteiger partial charge in [-0.15, -0.1) is 10.2 Å². The number of hydrogen-bond acceptors (Lipinski definition) is 6. The lowest BCUT2D eigenvalue weighted by molar-refractivity contribution is 0.102. The molecule has 0 bridgehead atoms. The molecule has 0 aliphatic heterocycles. The van der Waals surface area contributed by atoms with Crippen molar-refractivity contribution in [1.29, 1.82) is 0 Å². The number of anilines is 1. The van der Waals surface area contributed by atoms with Crippen molar-refractivity contribution < 1.29 is 13.2 Å². The smallest absolute Gasteiger partial charge is 0.257 e. The van der Waals surface area contributed by atoms with Crippen LogP contribution in [0.4, 0.5) is 5.13 Å². The maximum atomic E-state index is 12.6. The normalized spacial score (nSPS) is 12.4. The summed E-state index contributed by atoms with van der Waals surface area (Å²) in [6.07, 6.45) is 0. The van der Waals surface area contributed by atoms with E-state index < -0.39 is 15.9 Å². The van der Waals surface area contributed by atoms with Crippen LogP contribution in [0.2, 0.25) is 0 Å². The van der Waals surface area contributed by atoms with E-state index >= 15 is 0 Å². The number of carbonyl (C=O) groups is 1. The predicted octanol–water partition coefficient (Wildman–Crippen LogP) is 3.12. The van der Waals surface area contributed by atoms with Crippen LogP contribution >= 0.6 is 11.3 Å². The fourth-order valence-corrected chi connectivity index (χ4v) is 4.56. The molecule has 0 saturated carbocycles. The molecule has 0 aliphatic rings. The molecule has 2 rings (SSSR count). The van der Waals surface area contributed by atoms with Gasteiger partial charge >= 0.3 is 0 Å². The molecule has 0 aliphatic carbocycles. The highest BCUT2D eigenvalue weighted by molar-refractivity contribution is 7.89. The van der Waals surface area contributed by atoms with Crippen molar-refractivity contribution in [2.24, 2.45) is 0 Å². The first-order valence-electron chi connectivity index (χ1n) is 8.35. The molecule has 1 aromatic heterocycles. The number of sulfonamides is 1. The lowest BCUT2D eigenvalue weighted by Gasteiger charge is -2.18. The minimum atomic E-state index is -3.62. The topological polar surface area (TPSA) is 92.3 Å². The number of benzene rings is 1. The summed E-state index contributed by atoms with van der Waals surface area (Å²) in [5.74, 6) is -0.418. The number of amides is 1. The zero-order valence-corrected chi connectivity index (χ0v) is 17.2. The monoisotopic (exact) mass is 396 g/mol. The van der Waals surface area contributed by atoms with Gasteiger partial charge in [0.2, 0.25) is 15.2 Å². The average Bonchev–Trinajstić information content (AvgIpc) is 3.04. The van der Waals surface area contributed by atoms with E-state index in [2.05, 4.69) is 15.5 Å². The zero-order chi connectivity index (χ0) is 19.5. The van der Waals surface area contributed by atoms with Gasteiger partial charge in [-0.05, 0) is 18.2 Å². The van der Waals surface area contributed by atoms with E-state index in [-0.39, 0.29) is 15.9 Å². The lowest BCUT2D eigenvalue weighted by atomic mass is 9.98. The van der Waals surface area contributed by atoms with Crippen molar-refractivity contribution in [3.05, 3.63) is 34.8 Å². The van der Waals surface area contributed by atoms with Gasteiger partial charge in [0.25, 0.3) is 5.91 Å². The molecule has 0 spiro atoms. The summed E-state index contributed by atoms with van der Waals surface area (Å²) in [5, 5.41) is 12.0. The third-order valence-corrected chi connectivity index (χ3v) is 7.04. The molecule has 7 nitrogen and oxygen atoms in total. The molecule has 0 unspecified atom stereocenters. The fraction of sp³-hybridized carbons (Fsp3) is 0.471. The summed E-state index contributed by atoms with van der Waals surface area (Å²) >= 11 is 1.30. The Morgan fingerprint density at radius 1 is 1.19 bits per heavy atom. The molecule has 1 aromatic carbocycles. The van der Waals surface area contributed by atoms with Gasteiger partial charge < -0.3 is 0 Å². The van der Waals surface area contributed by atoms with Crippen molar-refractivity contribution in [1.82, 2.24) is 14.5 Å². The number of nitrogens with zero attached hydrogens (tertiary/aromatic N) is 3. The summed E-state index contributed by atoms with van der Waals surface area (Å²) in [5.41, 5.74) is 0.101. The van der Waals surface area contributed by atoms with Crippen molar-refractivity contribution >= 4 is 32.4 Å². The summed E-state index contributed by atoms with van der Waals surface area (Å²) in [4.78, 5) is 12.6. The van der Waals surface area contributed by atoms with E-state index in [1.165, 1.54) is 27.8 Å². The van der Waals surface area contributed by atoms with Gasteiger partial charge in [-0.25, -0.2) is 8.42 Å². The Kier molecular flexibility index (Phi) is 6.15. The van der Waals surface area contributed by atoms with Crippen LogP contribution in [-0.2, 0) is 15.4 Å². The van der Waals surface area contributed by atoms with Crippen LogP contribution in [0, 0.1) is 0 Å². The first kappa shape index (κ1) is 20.5. The van der Waals surface area contributed by atoms with Crippen LogP contribution in [0.3, 0.4) is 0 Å². The lowest BCUT2D eigenvalue weighted by Crippen LogP contribution is -2.30. The van der Waals surface area contributed by atoms with E-state index in [0.717, 1.165) is 5.01 Å². The van der Waals surface area contributed by atoms with Crippen molar-refractivity contribution in [2.75, 3.05) is 18.4 Å². The molecule has 142 valence electrons. The van der Waals surface area contributed by atoms with Gasteiger partial charge in [0, 0.05) is 24.1 Å². The molecule has 26 heavy (non-hydrogen) atoms. The number of aromatic nitrogens is 2. The number of hydrogen-bond donors (Lipinski definition) is 1. The maximum absolute atomic E-state index is 12.6. The second-order valence-corrected chi connectivity index (χ2v) is 9.65. The standard InChI is InChI=1S/C17H24N4O3S2/c1-6-21(7-2)26(23,24)13-10-8-9-12(11-13)14(22)18-16-20-19-15(25-16)17(3,4)5/h8-11H,6-7H2,1-5H3,(H,18,20,22). The predicted molar refractivity (Wildman–Crippen MR) is 103 cm³/mol. The molecule has 0 atom stereocenters. The Bertz CT molecular complexity index is 881. The van der Waals surface area contributed by atoms with E-state index in [1.807, 2.05) is 20.8 Å². The van der Waals surface area contributed by atoms with Crippen LogP contribution in [-0.4, -0.2) is 41.9 Å². The van der Waals surface area contributed by atoms with Crippen LogP contribution in [0.5, 0.6) is 0 Å². The summed E-state index contributed by atoms with van der Waals surface area (Å²) < 4.78 is 26.6. The quantitative estimate of drug-likeness (QED) is 0.810. The van der Waals surface area contributed by atoms with Gasteiger partial charge in [-0.1, -0.05) is 52.0 Å². The third-order valence-electron chi connectivity index (χ3n) is 3.73. The molecule has 1 amide bonds. The Labute approximate surface area is 158 Å². The molecule has 0 radical (unpaired) electrons. The van der Waals surface area contributed by atoms with Crippen molar-refractivity contribution in [2.45, 2.75) is 44.9 Å². The molecule has 0 fully saturated rings. The molecule has 1 N–H and O–H groups in total. The minimum Gasteiger partial charge on any atom is -0.296 e. The van der Waals surface area contributed by atoms with E-state index in [4.69, 9.17) is 0 Å². The average molecular weight is 397 g/mol. The Balaban J connectivity index is 2.24. The molecular formula is C17H24N4O3S2. The molecular weight excluding hydrogens is 372 g/mol. The minimum absolute atomic E-state index is 0.0986. The maximum Gasteiger partial charge on any atom is 0.257 e. The highest BCUT2D eigenvalue weighted by atomic mass is 32.2. The first-order chi connectivity index (χ1) is 12.1. The van der Waals surface area contributed by atoms with E-state index in [0.29, 0.717) is 18.2 Å². The Morgan fingerprint density at radius 3 is 2.38 bits per heavy atom. The highest BCUT2D eigenvalue weighted by Crippen LogP contribution is 2.28. The molecule has 0 saturated heterocycles. The van der Waals surface area contributed by atoms with Gasteiger partial charge in [0.1, 0.15) is 5.01 Å². The number of rotatable bonds is 6. The largest absolute Gasteiger partial charge is 0.296 e. The second-order valence-electron chi connectivity index (χ2n) is 6.73. The summed E-state index contributed by atoms with van der Waals surface area (Å²) in [7, 11) is -3.62. The third kappa shape index (κ3) is 4.46. The molecule has 1 heterocycles. The first-order valence-corrected chi connectivity index (χ1v) is 10.6. The molecule has 2 aromatic rings. The Hall–Kier alpha value is -1.84. The van der Waals surface area contributed by atoms with Crippen LogP contribution in [0.15, 0.2) is 29.2 Å². The van der Waals surface area contributed by atoms with Crippen molar-refractivity contribution in [3.63, 3.8) is 0 Å². The highest BCUT2D eigenvalue weighted by Gasteiger charge is 2.23. The summed E-state index contributed by atoms with van der Waals surface area (Å²) in [6.45, 7) is 10.3. The number of nitrogens with one attached hydrogen (secondary N) is 1. The fourth-order valence-electron chi connectivity index (χ4n) is 2.26. The van der Waals surface area contributed by atoms with Gasteiger partial charge in [-0.3, -0.25) is 10.1 Å². The van der Waals surface area contributed by atoms with Crippen LogP contribution in [0.1, 0.15) is 50.0 Å². The zero-order valence-electron chi connectivity index (χ0n) is 15.6. The van der Waals surface area contributed by atoms with E-state index in [1.54, 1.807) is 26.0 Å². The number of carbonyl (C=O) groups excluding carboxylic acids is 1. The van der Waals surface area contributed by atoms with E-state index in [9.17, 15) is 13.2 Å². The SMILES string of the molecule is CCN(CC)S(=O)(=O)c1cccc(C(=O)Nc2nnc(C(C)(C)C)s2)c1.